The highest BCUT2D eigenvalue weighted by Gasteiger charge is 2.25. The summed E-state index contributed by atoms with van der Waals surface area (Å²) in [7, 11) is 0. The number of anilines is 1. The Hall–Kier alpha value is -2.90. The minimum absolute atomic E-state index is 0.0764. The van der Waals surface area contributed by atoms with E-state index in [9.17, 15) is 14.0 Å². The maximum Gasteiger partial charge on any atom is 0.322 e. The van der Waals surface area contributed by atoms with E-state index >= 15 is 0 Å². The molecule has 0 fully saturated rings. The molecule has 1 unspecified atom stereocenters. The molecule has 0 saturated heterocycles. The lowest BCUT2D eigenvalue weighted by molar-refractivity contribution is -0.133. The molecule has 0 aliphatic rings. The first kappa shape index (κ1) is 25.7. The first-order valence-electron chi connectivity index (χ1n) is 11.1. The van der Waals surface area contributed by atoms with Crippen molar-refractivity contribution in [3.63, 3.8) is 0 Å². The van der Waals surface area contributed by atoms with Gasteiger partial charge in [-0.15, -0.1) is 11.3 Å². The molecule has 3 rings (SSSR count). The number of urea groups is 1. The Morgan fingerprint density at radius 1 is 1.12 bits per heavy atom. The van der Waals surface area contributed by atoms with Crippen molar-refractivity contribution in [2.45, 2.75) is 46.3 Å². The van der Waals surface area contributed by atoms with Gasteiger partial charge in [-0.3, -0.25) is 4.79 Å². The summed E-state index contributed by atoms with van der Waals surface area (Å²) in [6.45, 7) is 6.56. The maximum absolute atomic E-state index is 13.5. The predicted octanol–water partition coefficient (Wildman–Crippen LogP) is 6.71. The molecule has 1 atom stereocenters. The molecule has 1 N–H and O–H groups in total. The van der Waals surface area contributed by atoms with Gasteiger partial charge in [-0.25, -0.2) is 9.18 Å². The maximum atomic E-state index is 13.5. The number of aryl methyl sites for hydroxylation is 1. The van der Waals surface area contributed by atoms with Crippen molar-refractivity contribution in [1.29, 1.82) is 0 Å². The van der Waals surface area contributed by atoms with Crippen LogP contribution in [-0.4, -0.2) is 34.3 Å². The minimum atomic E-state index is -0.362. The number of hydrogen-bond acceptors (Lipinski definition) is 3. The molecule has 34 heavy (non-hydrogen) atoms. The van der Waals surface area contributed by atoms with Crippen LogP contribution < -0.4 is 5.32 Å². The van der Waals surface area contributed by atoms with E-state index in [1.54, 1.807) is 57.5 Å². The van der Waals surface area contributed by atoms with Crippen LogP contribution in [0.3, 0.4) is 0 Å². The van der Waals surface area contributed by atoms with Crippen molar-refractivity contribution in [3.8, 4) is 0 Å². The largest absolute Gasteiger partial charge is 0.332 e. The highest BCUT2D eigenvalue weighted by molar-refractivity contribution is 7.10. The molecular formula is C26H29ClFN3O2S. The van der Waals surface area contributed by atoms with Crippen LogP contribution in [0.2, 0.25) is 5.02 Å². The quantitative estimate of drug-likeness (QED) is 0.354. The van der Waals surface area contributed by atoms with Gasteiger partial charge in [0.25, 0.3) is 0 Å². The number of thiophene rings is 1. The molecule has 5 nitrogen and oxygen atoms in total. The molecule has 8 heteroatoms. The van der Waals surface area contributed by atoms with Gasteiger partial charge in [0.2, 0.25) is 5.91 Å². The number of amides is 3. The first-order chi connectivity index (χ1) is 16.3. The van der Waals surface area contributed by atoms with Crippen LogP contribution in [-0.2, 0) is 17.9 Å². The number of rotatable bonds is 9. The van der Waals surface area contributed by atoms with Crippen LogP contribution in [0.4, 0.5) is 14.9 Å². The van der Waals surface area contributed by atoms with E-state index in [2.05, 4.69) is 5.32 Å². The van der Waals surface area contributed by atoms with Crippen LogP contribution in [0, 0.1) is 12.7 Å². The number of nitrogens with one attached hydrogen (secondary N) is 1. The van der Waals surface area contributed by atoms with Crippen LogP contribution in [0.1, 0.15) is 36.3 Å². The molecule has 2 aromatic carbocycles. The van der Waals surface area contributed by atoms with Gasteiger partial charge in [0.05, 0.1) is 6.54 Å². The minimum Gasteiger partial charge on any atom is -0.332 e. The molecule has 3 amide bonds. The van der Waals surface area contributed by atoms with Gasteiger partial charge in [0.1, 0.15) is 12.4 Å². The molecule has 0 aliphatic heterocycles. The average Bonchev–Trinajstić information content (AvgIpc) is 3.22. The summed E-state index contributed by atoms with van der Waals surface area (Å²) in [5, 5.41) is 5.35. The summed E-state index contributed by atoms with van der Waals surface area (Å²) in [6.07, 6.45) is 0.693. The number of hydrogen-bond donors (Lipinski definition) is 1. The van der Waals surface area contributed by atoms with Crippen molar-refractivity contribution >= 4 is 40.6 Å². The Bertz CT molecular complexity index is 1120. The second-order valence-corrected chi connectivity index (χ2v) is 9.67. The number of carbonyl (C=O) groups excluding carboxylic acids is 2. The highest BCUT2D eigenvalue weighted by atomic mass is 35.5. The van der Waals surface area contributed by atoms with Crippen molar-refractivity contribution < 1.29 is 14.0 Å². The molecule has 1 heterocycles. The molecule has 0 radical (unpaired) electrons. The van der Waals surface area contributed by atoms with Gasteiger partial charge in [-0.05, 0) is 73.2 Å². The Morgan fingerprint density at radius 2 is 1.85 bits per heavy atom. The Kier molecular flexibility index (Phi) is 9.07. The van der Waals surface area contributed by atoms with Gasteiger partial charge in [0.15, 0.2) is 0 Å². The summed E-state index contributed by atoms with van der Waals surface area (Å²) in [4.78, 5) is 31.0. The number of carbonyl (C=O) groups is 2. The van der Waals surface area contributed by atoms with Gasteiger partial charge >= 0.3 is 6.03 Å². The first-order valence-corrected chi connectivity index (χ1v) is 12.4. The number of halogens is 2. The standard InChI is InChI=1S/C26H29ClFN3O2S/c1-4-19(3)31(26(33)29-23-7-5-6-21(27)14-23)17-25(32)30(16-24-18(2)12-13-34-24)15-20-8-10-22(28)11-9-20/h5-14,19H,4,15-17H2,1-3H3,(H,29,33). The summed E-state index contributed by atoms with van der Waals surface area (Å²) in [5.74, 6) is -0.505. The van der Waals surface area contributed by atoms with Crippen molar-refractivity contribution in [2.75, 3.05) is 11.9 Å². The molecule has 0 spiro atoms. The average molecular weight is 502 g/mol. The van der Waals surface area contributed by atoms with E-state index in [1.165, 1.54) is 12.1 Å². The van der Waals surface area contributed by atoms with E-state index in [-0.39, 0.29) is 30.3 Å². The third-order valence-corrected chi connectivity index (χ3v) is 6.95. The van der Waals surface area contributed by atoms with E-state index in [1.807, 2.05) is 32.2 Å². The van der Waals surface area contributed by atoms with Gasteiger partial charge < -0.3 is 15.1 Å². The summed E-state index contributed by atoms with van der Waals surface area (Å²) >= 11 is 7.63. The van der Waals surface area contributed by atoms with Gasteiger partial charge in [-0.2, -0.15) is 0 Å². The second kappa shape index (κ2) is 12.0. The predicted molar refractivity (Wildman–Crippen MR) is 137 cm³/mol. The Morgan fingerprint density at radius 3 is 2.47 bits per heavy atom. The summed E-state index contributed by atoms with van der Waals surface area (Å²) < 4.78 is 13.4. The van der Waals surface area contributed by atoms with Crippen LogP contribution in [0.5, 0.6) is 0 Å². The zero-order valence-corrected chi connectivity index (χ0v) is 21.1. The zero-order valence-electron chi connectivity index (χ0n) is 19.6. The third kappa shape index (κ3) is 7.05. The fourth-order valence-electron chi connectivity index (χ4n) is 3.44. The molecule has 3 aromatic rings. The van der Waals surface area contributed by atoms with Crippen LogP contribution >= 0.6 is 22.9 Å². The zero-order chi connectivity index (χ0) is 24.7. The lowest BCUT2D eigenvalue weighted by Gasteiger charge is -2.31. The number of benzene rings is 2. The van der Waals surface area contributed by atoms with E-state index in [0.717, 1.165) is 16.0 Å². The Balaban J connectivity index is 1.80. The monoisotopic (exact) mass is 501 g/mol. The van der Waals surface area contributed by atoms with Crippen LogP contribution in [0.15, 0.2) is 60.0 Å². The smallest absolute Gasteiger partial charge is 0.322 e. The lowest BCUT2D eigenvalue weighted by atomic mass is 10.2. The molecular weight excluding hydrogens is 473 g/mol. The highest BCUT2D eigenvalue weighted by Crippen LogP contribution is 2.21. The van der Waals surface area contributed by atoms with Gasteiger partial charge in [-0.1, -0.05) is 36.7 Å². The van der Waals surface area contributed by atoms with Crippen molar-refractivity contribution in [3.05, 3.63) is 86.8 Å². The molecule has 0 aliphatic carbocycles. The van der Waals surface area contributed by atoms with Crippen molar-refractivity contribution in [1.82, 2.24) is 9.80 Å². The lowest BCUT2D eigenvalue weighted by Crippen LogP contribution is -2.47. The molecule has 0 saturated carbocycles. The SMILES string of the molecule is CCC(C)N(CC(=O)N(Cc1ccc(F)cc1)Cc1sccc1C)C(=O)Nc1cccc(Cl)c1. The molecule has 1 aromatic heterocycles. The number of nitrogens with zero attached hydrogens (tertiary/aromatic N) is 2. The second-order valence-electron chi connectivity index (χ2n) is 8.23. The fraction of sp³-hybridized carbons (Fsp3) is 0.308. The Labute approximate surface area is 209 Å². The van der Waals surface area contributed by atoms with E-state index in [0.29, 0.717) is 30.2 Å². The normalized spacial score (nSPS) is 11.7. The summed E-state index contributed by atoms with van der Waals surface area (Å²) in [6, 6.07) is 14.5. The fourth-order valence-corrected chi connectivity index (χ4v) is 4.55. The molecule has 180 valence electrons. The van der Waals surface area contributed by atoms with E-state index < -0.39 is 0 Å². The molecule has 0 bridgehead atoms. The van der Waals surface area contributed by atoms with Gasteiger partial charge in [0, 0.05) is 28.2 Å². The van der Waals surface area contributed by atoms with Crippen LogP contribution in [0.25, 0.3) is 0 Å². The van der Waals surface area contributed by atoms with Crippen molar-refractivity contribution in [2.24, 2.45) is 0 Å². The topological polar surface area (TPSA) is 52.7 Å². The third-order valence-electron chi connectivity index (χ3n) is 5.71. The van der Waals surface area contributed by atoms with E-state index in [4.69, 9.17) is 11.6 Å². The summed E-state index contributed by atoms with van der Waals surface area (Å²) in [5.41, 5.74) is 2.50.